The van der Waals surface area contributed by atoms with Crippen molar-refractivity contribution >= 4 is 35.7 Å². The van der Waals surface area contributed by atoms with Gasteiger partial charge in [-0.1, -0.05) is 84.9 Å². The predicted octanol–water partition coefficient (Wildman–Crippen LogP) is 6.98. The summed E-state index contributed by atoms with van der Waals surface area (Å²) in [7, 11) is -0.634. The molecule has 1 fully saturated rings. The molecule has 0 spiro atoms. The Labute approximate surface area is 241 Å². The smallest absolute Gasteiger partial charge is 0.449 e. The van der Waals surface area contributed by atoms with E-state index in [-0.39, 0.29) is 19.1 Å². The highest BCUT2D eigenvalue weighted by Crippen LogP contribution is 2.44. The maximum Gasteiger partial charge on any atom is 0.492 e. The van der Waals surface area contributed by atoms with Crippen molar-refractivity contribution in [3.8, 4) is 11.1 Å². The van der Waals surface area contributed by atoms with Crippen LogP contribution in [0.25, 0.3) is 28.0 Å². The number of ether oxygens (including phenoxy) is 1. The normalized spacial score (nSPS) is 17.4. The first-order valence-electron chi connectivity index (χ1n) is 14.1. The Balaban J connectivity index is 1.22. The third kappa shape index (κ3) is 5.00. The van der Waals surface area contributed by atoms with E-state index in [1.807, 2.05) is 94.4 Å². The fourth-order valence-electron chi connectivity index (χ4n) is 5.69. The SMILES string of the molecule is CC1(C)OB(C(=Cc2ccc(N)c3ccccc23)CNC(=O)OCC2c3ccccc3-c3ccccc32)OC1(C)C. The quantitative estimate of drug-likeness (QED) is 0.202. The molecule has 1 amide bonds. The molecule has 1 saturated heterocycles. The lowest BCUT2D eigenvalue weighted by molar-refractivity contribution is 0.00578. The molecule has 0 radical (unpaired) electrons. The molecule has 3 N–H and O–H groups in total. The van der Waals surface area contributed by atoms with Gasteiger partial charge in [-0.2, -0.15) is 0 Å². The first-order valence-corrected chi connectivity index (χ1v) is 14.1. The Morgan fingerprint density at radius 2 is 1.41 bits per heavy atom. The molecular weight excluding hydrogens is 511 g/mol. The van der Waals surface area contributed by atoms with Gasteiger partial charge in [-0.25, -0.2) is 4.79 Å². The van der Waals surface area contributed by atoms with Crippen LogP contribution in [0.5, 0.6) is 0 Å². The number of nitrogens with one attached hydrogen (secondary N) is 1. The van der Waals surface area contributed by atoms with Crippen LogP contribution in [0.2, 0.25) is 0 Å². The van der Waals surface area contributed by atoms with Gasteiger partial charge in [0.05, 0.1) is 11.2 Å². The van der Waals surface area contributed by atoms with E-state index in [2.05, 4.69) is 29.6 Å². The van der Waals surface area contributed by atoms with Crippen molar-refractivity contribution in [2.45, 2.75) is 44.8 Å². The third-order valence-electron chi connectivity index (χ3n) is 8.67. The van der Waals surface area contributed by atoms with Gasteiger partial charge in [-0.05, 0) is 72.4 Å². The Bertz CT molecular complexity index is 1600. The zero-order chi connectivity index (χ0) is 28.8. The maximum absolute atomic E-state index is 13.0. The lowest BCUT2D eigenvalue weighted by Crippen LogP contribution is -2.41. The largest absolute Gasteiger partial charge is 0.492 e. The van der Waals surface area contributed by atoms with Crippen LogP contribution < -0.4 is 11.1 Å². The van der Waals surface area contributed by atoms with Crippen molar-refractivity contribution < 1.29 is 18.8 Å². The van der Waals surface area contributed by atoms with Gasteiger partial charge in [-0.15, -0.1) is 0 Å². The van der Waals surface area contributed by atoms with Gasteiger partial charge in [0, 0.05) is 23.5 Å². The summed E-state index contributed by atoms with van der Waals surface area (Å²) in [5, 5.41) is 4.94. The summed E-state index contributed by atoms with van der Waals surface area (Å²) < 4.78 is 18.6. The standard InChI is InChI=1S/C34H35BN2O4/c1-33(2)34(3,4)41-35(40-33)23(19-22-17-18-31(36)29-16-10-5-11-24(22)29)20-37-32(38)39-21-30-27-14-8-6-12-25(27)26-13-7-9-15-28(26)30/h5-19,30H,20-21,36H2,1-4H3,(H,37,38). The van der Waals surface area contributed by atoms with Gasteiger partial charge in [0.2, 0.25) is 0 Å². The number of carbonyl (C=O) groups is 1. The molecule has 1 aliphatic carbocycles. The number of amides is 1. The Morgan fingerprint density at radius 3 is 2.05 bits per heavy atom. The molecule has 4 aromatic carbocycles. The van der Waals surface area contributed by atoms with Crippen LogP contribution in [0.1, 0.15) is 50.3 Å². The summed E-state index contributed by atoms with van der Waals surface area (Å²) in [6, 6.07) is 28.5. The van der Waals surface area contributed by atoms with Crippen LogP contribution in [0.15, 0.2) is 90.4 Å². The number of hydrogen-bond donors (Lipinski definition) is 2. The Morgan fingerprint density at radius 1 is 0.854 bits per heavy atom. The zero-order valence-corrected chi connectivity index (χ0v) is 23.9. The van der Waals surface area contributed by atoms with Gasteiger partial charge in [0.1, 0.15) is 6.61 Å². The van der Waals surface area contributed by atoms with E-state index in [1.165, 1.54) is 22.3 Å². The molecule has 6 nitrogen and oxygen atoms in total. The van der Waals surface area contributed by atoms with E-state index >= 15 is 0 Å². The Hall–Kier alpha value is -4.07. The molecular formula is C34H35BN2O4. The summed E-state index contributed by atoms with van der Waals surface area (Å²) in [6.45, 7) is 8.51. The molecule has 0 atom stereocenters. The highest BCUT2D eigenvalue weighted by Gasteiger charge is 2.52. The van der Waals surface area contributed by atoms with E-state index in [4.69, 9.17) is 19.8 Å². The second-order valence-corrected chi connectivity index (χ2v) is 11.8. The van der Waals surface area contributed by atoms with E-state index in [0.29, 0.717) is 5.69 Å². The second kappa shape index (κ2) is 10.4. The first-order chi connectivity index (χ1) is 19.6. The highest BCUT2D eigenvalue weighted by atomic mass is 16.7. The number of carbonyl (C=O) groups excluding carboxylic acids is 1. The number of nitrogens with two attached hydrogens (primary N) is 1. The van der Waals surface area contributed by atoms with Gasteiger partial charge in [0.15, 0.2) is 0 Å². The van der Waals surface area contributed by atoms with Crippen LogP contribution in [-0.2, 0) is 14.0 Å². The average molecular weight is 546 g/mol. The van der Waals surface area contributed by atoms with E-state index < -0.39 is 24.4 Å². The Kier molecular flexibility index (Phi) is 6.88. The molecule has 0 aromatic heterocycles. The van der Waals surface area contributed by atoms with Crippen LogP contribution >= 0.6 is 0 Å². The van der Waals surface area contributed by atoms with Crippen molar-refractivity contribution in [3.63, 3.8) is 0 Å². The molecule has 0 saturated carbocycles. The number of benzene rings is 4. The van der Waals surface area contributed by atoms with Gasteiger partial charge in [0.25, 0.3) is 0 Å². The van der Waals surface area contributed by atoms with Crippen LogP contribution in [0.3, 0.4) is 0 Å². The van der Waals surface area contributed by atoms with Crippen molar-refractivity contribution in [3.05, 3.63) is 107 Å². The minimum absolute atomic E-state index is 0.00704. The molecule has 6 rings (SSSR count). The summed E-state index contributed by atoms with van der Waals surface area (Å²) >= 11 is 0. The molecule has 1 heterocycles. The molecule has 41 heavy (non-hydrogen) atoms. The predicted molar refractivity (Wildman–Crippen MR) is 165 cm³/mol. The van der Waals surface area contributed by atoms with E-state index in [0.717, 1.165) is 21.8 Å². The lowest BCUT2D eigenvalue weighted by atomic mass is 9.76. The first kappa shape index (κ1) is 27.1. The van der Waals surface area contributed by atoms with Gasteiger partial charge in [-0.3, -0.25) is 0 Å². The molecule has 7 heteroatoms. The second-order valence-electron chi connectivity index (χ2n) is 11.8. The number of anilines is 1. The van der Waals surface area contributed by atoms with Crippen LogP contribution in [0, 0.1) is 0 Å². The summed E-state index contributed by atoms with van der Waals surface area (Å²) in [4.78, 5) is 13.0. The van der Waals surface area contributed by atoms with Crippen LogP contribution in [0.4, 0.5) is 10.5 Å². The summed E-state index contributed by atoms with van der Waals surface area (Å²) in [6.07, 6.45) is 1.53. The summed E-state index contributed by atoms with van der Waals surface area (Å²) in [5.74, 6) is -0.00704. The molecule has 0 unspecified atom stereocenters. The number of hydrogen-bond acceptors (Lipinski definition) is 5. The van der Waals surface area contributed by atoms with Crippen LogP contribution in [-0.4, -0.2) is 37.6 Å². The zero-order valence-electron chi connectivity index (χ0n) is 23.9. The number of nitrogen functional groups attached to an aromatic ring is 1. The third-order valence-corrected chi connectivity index (χ3v) is 8.67. The highest BCUT2D eigenvalue weighted by molar-refractivity contribution is 6.56. The molecule has 2 aliphatic rings. The fraction of sp³-hybridized carbons (Fsp3) is 0.265. The van der Waals surface area contributed by atoms with Gasteiger partial charge >= 0.3 is 13.2 Å². The van der Waals surface area contributed by atoms with Gasteiger partial charge < -0.3 is 25.1 Å². The average Bonchev–Trinajstić information content (AvgIpc) is 3.40. The van der Waals surface area contributed by atoms with E-state index in [1.54, 1.807) is 0 Å². The number of alkyl carbamates (subject to hydrolysis) is 1. The molecule has 1 aliphatic heterocycles. The van der Waals surface area contributed by atoms with E-state index in [9.17, 15) is 4.79 Å². The minimum atomic E-state index is -0.634. The molecule has 208 valence electrons. The lowest BCUT2D eigenvalue weighted by Gasteiger charge is -2.32. The van der Waals surface area contributed by atoms with Crippen molar-refractivity contribution in [2.75, 3.05) is 18.9 Å². The number of fused-ring (bicyclic) bond motifs is 4. The van der Waals surface area contributed by atoms with Crippen molar-refractivity contribution in [2.24, 2.45) is 0 Å². The monoisotopic (exact) mass is 546 g/mol. The number of rotatable bonds is 6. The fourth-order valence-corrected chi connectivity index (χ4v) is 5.69. The molecule has 4 aromatic rings. The molecule has 0 bridgehead atoms. The minimum Gasteiger partial charge on any atom is -0.449 e. The topological polar surface area (TPSA) is 82.8 Å². The maximum atomic E-state index is 13.0. The van der Waals surface area contributed by atoms with Crippen molar-refractivity contribution in [1.82, 2.24) is 5.32 Å². The summed E-state index contributed by atoms with van der Waals surface area (Å²) in [5.41, 5.74) is 12.4. The van der Waals surface area contributed by atoms with Crippen molar-refractivity contribution in [1.29, 1.82) is 0 Å².